The van der Waals surface area contributed by atoms with Crippen LogP contribution in [0.2, 0.25) is 0 Å². The highest BCUT2D eigenvalue weighted by Crippen LogP contribution is 2.31. The summed E-state index contributed by atoms with van der Waals surface area (Å²) in [6.45, 7) is 4.38. The van der Waals surface area contributed by atoms with Gasteiger partial charge in [-0.15, -0.1) is 0 Å². The van der Waals surface area contributed by atoms with E-state index in [1.54, 1.807) is 11.8 Å². The number of aliphatic hydroxyl groups is 1. The molecule has 0 bridgehead atoms. The zero-order chi connectivity index (χ0) is 24.1. The Morgan fingerprint density at radius 1 is 1.35 bits per heavy atom. The predicted octanol–water partition coefficient (Wildman–Crippen LogP) is 2.96. The molecule has 3 aromatic heterocycles. The molecule has 0 amide bonds. The molecule has 4 rings (SSSR count). The molecular weight excluding hydrogens is 500 g/mol. The van der Waals surface area contributed by atoms with Crippen molar-refractivity contribution < 1.29 is 9.84 Å². The van der Waals surface area contributed by atoms with Gasteiger partial charge >= 0.3 is 0 Å². The van der Waals surface area contributed by atoms with E-state index in [2.05, 4.69) is 54.6 Å². The van der Waals surface area contributed by atoms with Crippen molar-refractivity contribution in [3.8, 4) is 5.75 Å². The summed E-state index contributed by atoms with van der Waals surface area (Å²) >= 11 is 3.52. The van der Waals surface area contributed by atoms with Crippen LogP contribution in [0.3, 0.4) is 0 Å². The largest absolute Gasteiger partial charge is 0.495 e. The highest BCUT2D eigenvalue weighted by atomic mass is 79.9. The standard InChI is InChI=1S/C23H31BrN8O2/c1-3-4-16(7-10-33)28-22-20-19(29-23(25)30-22)21(24)31-32(20)13-17-18(34-2)11-15(12-27-17)14-5-8-26-9-6-14/h5,11-12,16,26,33H,3-4,6-10,13H2,1-2H3,(H3,25,28,29,30)/t16-/m0/s1. The molecular formula is C23H31BrN8O2. The lowest BCUT2D eigenvalue weighted by atomic mass is 10.0. The lowest BCUT2D eigenvalue weighted by molar-refractivity contribution is 0.276. The van der Waals surface area contributed by atoms with Crippen LogP contribution in [0.15, 0.2) is 22.9 Å². The third-order valence-corrected chi connectivity index (χ3v) is 6.44. The summed E-state index contributed by atoms with van der Waals surface area (Å²) in [6.07, 6.45) is 7.52. The molecule has 0 radical (unpaired) electrons. The van der Waals surface area contributed by atoms with Crippen LogP contribution in [0, 0.1) is 0 Å². The Bertz CT molecular complexity index is 1170. The SMILES string of the molecule is CCC[C@@H](CCO)Nc1nc(N)nc2c(Br)nn(Cc3ncc(C4=CCNCC4)cc3OC)c12. The number of halogens is 1. The maximum absolute atomic E-state index is 9.48. The Kier molecular flexibility index (Phi) is 7.96. The van der Waals surface area contributed by atoms with Crippen molar-refractivity contribution in [1.29, 1.82) is 0 Å². The third-order valence-electron chi connectivity index (χ3n) is 5.90. The molecule has 182 valence electrons. The fourth-order valence-corrected chi connectivity index (χ4v) is 4.70. The minimum atomic E-state index is 0.0554. The van der Waals surface area contributed by atoms with Gasteiger partial charge < -0.3 is 26.2 Å². The first kappa shape index (κ1) is 24.4. The molecule has 0 aliphatic carbocycles. The second-order valence-electron chi connectivity index (χ2n) is 8.27. The van der Waals surface area contributed by atoms with Crippen molar-refractivity contribution in [2.45, 2.75) is 45.2 Å². The van der Waals surface area contributed by atoms with Crippen LogP contribution < -0.4 is 21.1 Å². The van der Waals surface area contributed by atoms with Gasteiger partial charge in [-0.1, -0.05) is 19.4 Å². The van der Waals surface area contributed by atoms with Gasteiger partial charge in [0.2, 0.25) is 5.95 Å². The van der Waals surface area contributed by atoms with Gasteiger partial charge in [0.15, 0.2) is 10.4 Å². The molecule has 34 heavy (non-hydrogen) atoms. The number of anilines is 2. The maximum atomic E-state index is 9.48. The van der Waals surface area contributed by atoms with E-state index in [1.807, 2.05) is 12.3 Å². The second kappa shape index (κ2) is 11.1. The van der Waals surface area contributed by atoms with E-state index in [0.29, 0.717) is 40.2 Å². The van der Waals surface area contributed by atoms with E-state index < -0.39 is 0 Å². The van der Waals surface area contributed by atoms with Crippen molar-refractivity contribution in [1.82, 2.24) is 30.0 Å². The number of nitrogens with two attached hydrogens (primary N) is 1. The van der Waals surface area contributed by atoms with E-state index in [1.165, 1.54) is 5.57 Å². The zero-order valence-electron chi connectivity index (χ0n) is 19.5. The second-order valence-corrected chi connectivity index (χ2v) is 9.03. The minimum absolute atomic E-state index is 0.0554. The molecule has 0 spiro atoms. The summed E-state index contributed by atoms with van der Waals surface area (Å²) in [6, 6.07) is 2.09. The first-order valence-electron chi connectivity index (χ1n) is 11.5. The smallest absolute Gasteiger partial charge is 0.222 e. The molecule has 3 aromatic rings. The van der Waals surface area contributed by atoms with Crippen LogP contribution >= 0.6 is 15.9 Å². The average Bonchev–Trinajstić information content (AvgIpc) is 3.15. The third kappa shape index (κ3) is 5.31. The first-order valence-corrected chi connectivity index (χ1v) is 12.3. The summed E-state index contributed by atoms with van der Waals surface area (Å²) in [5.74, 6) is 1.44. The average molecular weight is 531 g/mol. The van der Waals surface area contributed by atoms with E-state index in [0.717, 1.165) is 43.6 Å². The Morgan fingerprint density at radius 2 is 2.21 bits per heavy atom. The number of aliphatic hydroxyl groups excluding tert-OH is 1. The Labute approximate surface area is 207 Å². The van der Waals surface area contributed by atoms with Crippen LogP contribution in [0.5, 0.6) is 5.75 Å². The zero-order valence-corrected chi connectivity index (χ0v) is 21.1. The Morgan fingerprint density at radius 3 is 2.91 bits per heavy atom. The van der Waals surface area contributed by atoms with Crippen molar-refractivity contribution in [2.24, 2.45) is 0 Å². The van der Waals surface area contributed by atoms with Crippen LogP contribution in [0.1, 0.15) is 43.9 Å². The molecule has 1 aliphatic rings. The number of hydrogen-bond donors (Lipinski definition) is 4. The fraction of sp³-hybridized carbons (Fsp3) is 0.478. The number of hydrogen-bond acceptors (Lipinski definition) is 9. The molecule has 0 saturated heterocycles. The van der Waals surface area contributed by atoms with Crippen LogP contribution in [0.25, 0.3) is 16.6 Å². The number of nitrogens with one attached hydrogen (secondary N) is 2. The number of pyridine rings is 1. The normalized spacial score (nSPS) is 14.8. The Hall–Kier alpha value is -2.76. The topological polar surface area (TPSA) is 136 Å². The van der Waals surface area contributed by atoms with Crippen LogP contribution in [-0.4, -0.2) is 62.7 Å². The van der Waals surface area contributed by atoms with E-state index in [-0.39, 0.29) is 18.6 Å². The quantitative estimate of drug-likeness (QED) is 0.311. The number of fused-ring (bicyclic) bond motifs is 1. The number of nitrogens with zero attached hydrogens (tertiary/aromatic N) is 5. The molecule has 11 heteroatoms. The number of rotatable bonds is 10. The van der Waals surface area contributed by atoms with Gasteiger partial charge in [0.25, 0.3) is 0 Å². The van der Waals surface area contributed by atoms with Crippen molar-refractivity contribution >= 4 is 44.3 Å². The van der Waals surface area contributed by atoms with Gasteiger partial charge in [-0.2, -0.15) is 10.1 Å². The van der Waals surface area contributed by atoms with E-state index in [4.69, 9.17) is 15.5 Å². The molecule has 1 atom stereocenters. The lowest BCUT2D eigenvalue weighted by Crippen LogP contribution is -2.22. The van der Waals surface area contributed by atoms with Gasteiger partial charge in [-0.25, -0.2) is 4.98 Å². The van der Waals surface area contributed by atoms with Crippen LogP contribution in [-0.2, 0) is 6.54 Å². The predicted molar refractivity (Wildman–Crippen MR) is 137 cm³/mol. The number of methoxy groups -OCH3 is 1. The van der Waals surface area contributed by atoms with Crippen molar-refractivity contribution in [3.05, 3.63) is 34.2 Å². The van der Waals surface area contributed by atoms with Gasteiger partial charge in [-0.05, 0) is 58.9 Å². The molecule has 0 aromatic carbocycles. The van der Waals surface area contributed by atoms with Gasteiger partial charge in [0, 0.05) is 25.4 Å². The number of aromatic nitrogens is 5. The number of ether oxygens (including phenoxy) is 1. The molecule has 5 N–H and O–H groups in total. The summed E-state index contributed by atoms with van der Waals surface area (Å²) in [7, 11) is 1.65. The highest BCUT2D eigenvalue weighted by molar-refractivity contribution is 9.10. The van der Waals surface area contributed by atoms with Gasteiger partial charge in [0.05, 0.1) is 13.7 Å². The molecule has 10 nitrogen and oxygen atoms in total. The fourth-order valence-electron chi connectivity index (χ4n) is 4.24. The Balaban J connectivity index is 1.71. The molecule has 4 heterocycles. The minimum Gasteiger partial charge on any atom is -0.495 e. The maximum Gasteiger partial charge on any atom is 0.222 e. The summed E-state index contributed by atoms with van der Waals surface area (Å²) in [4.78, 5) is 13.6. The summed E-state index contributed by atoms with van der Waals surface area (Å²) < 4.78 is 8.07. The number of nitrogen functional groups attached to an aromatic ring is 1. The van der Waals surface area contributed by atoms with Crippen molar-refractivity contribution in [3.63, 3.8) is 0 Å². The first-order chi connectivity index (χ1) is 16.5. The summed E-state index contributed by atoms with van der Waals surface area (Å²) in [5, 5.41) is 20.9. The summed E-state index contributed by atoms with van der Waals surface area (Å²) in [5.41, 5.74) is 10.4. The van der Waals surface area contributed by atoms with E-state index in [9.17, 15) is 5.11 Å². The highest BCUT2D eigenvalue weighted by Gasteiger charge is 2.21. The van der Waals surface area contributed by atoms with Gasteiger partial charge in [-0.3, -0.25) is 9.67 Å². The van der Waals surface area contributed by atoms with Crippen molar-refractivity contribution in [2.75, 3.05) is 37.9 Å². The van der Waals surface area contributed by atoms with Gasteiger partial charge in [0.1, 0.15) is 22.5 Å². The van der Waals surface area contributed by atoms with E-state index >= 15 is 0 Å². The monoisotopic (exact) mass is 530 g/mol. The molecule has 0 saturated carbocycles. The molecule has 1 aliphatic heterocycles. The van der Waals surface area contributed by atoms with Crippen LogP contribution in [0.4, 0.5) is 11.8 Å². The molecule has 0 unspecified atom stereocenters. The lowest BCUT2D eigenvalue weighted by Gasteiger charge is -2.19. The molecule has 0 fully saturated rings.